The van der Waals surface area contributed by atoms with E-state index < -0.39 is 0 Å². The van der Waals surface area contributed by atoms with E-state index in [0.717, 1.165) is 9.92 Å². The van der Waals surface area contributed by atoms with Crippen molar-refractivity contribution in [2.45, 2.75) is 16.3 Å². The van der Waals surface area contributed by atoms with E-state index in [0.29, 0.717) is 18.5 Å². The standard InChI is InChI=1S/C12H12FN3S/c13-10-2-1-3-11(9(10)4-6-14)17-12-5-7-15-8-16-12/h1-3,5,7-8H,4,6,14H2. The minimum absolute atomic E-state index is 0.213. The minimum atomic E-state index is -0.213. The van der Waals surface area contributed by atoms with Crippen molar-refractivity contribution in [3.05, 3.63) is 48.2 Å². The molecule has 17 heavy (non-hydrogen) atoms. The van der Waals surface area contributed by atoms with Gasteiger partial charge >= 0.3 is 0 Å². The van der Waals surface area contributed by atoms with Crippen molar-refractivity contribution in [1.29, 1.82) is 0 Å². The zero-order chi connectivity index (χ0) is 12.1. The summed E-state index contributed by atoms with van der Waals surface area (Å²) < 4.78 is 13.6. The van der Waals surface area contributed by atoms with Crippen LogP contribution >= 0.6 is 11.8 Å². The minimum Gasteiger partial charge on any atom is -0.330 e. The Bertz CT molecular complexity index is 490. The third-order valence-electron chi connectivity index (χ3n) is 2.24. The maximum absolute atomic E-state index is 13.6. The average Bonchev–Trinajstić information content (AvgIpc) is 2.35. The molecule has 0 unspecified atom stereocenters. The molecule has 0 atom stereocenters. The van der Waals surface area contributed by atoms with Crippen LogP contribution in [0.2, 0.25) is 0 Å². The van der Waals surface area contributed by atoms with Crippen LogP contribution in [0.4, 0.5) is 4.39 Å². The van der Waals surface area contributed by atoms with E-state index >= 15 is 0 Å². The monoisotopic (exact) mass is 249 g/mol. The molecule has 0 aliphatic carbocycles. The molecular weight excluding hydrogens is 237 g/mol. The number of aromatic nitrogens is 2. The summed E-state index contributed by atoms with van der Waals surface area (Å²) in [5, 5.41) is 0.795. The number of rotatable bonds is 4. The normalized spacial score (nSPS) is 10.5. The number of hydrogen-bond acceptors (Lipinski definition) is 4. The second-order valence-electron chi connectivity index (χ2n) is 3.40. The summed E-state index contributed by atoms with van der Waals surface area (Å²) in [5.41, 5.74) is 6.14. The van der Waals surface area contributed by atoms with Gasteiger partial charge in [0.15, 0.2) is 0 Å². The molecule has 2 rings (SSSR count). The van der Waals surface area contributed by atoms with Crippen molar-refractivity contribution >= 4 is 11.8 Å². The van der Waals surface area contributed by atoms with Crippen LogP contribution in [0.5, 0.6) is 0 Å². The summed E-state index contributed by atoms with van der Waals surface area (Å²) in [6.45, 7) is 0.429. The molecule has 1 heterocycles. The van der Waals surface area contributed by atoms with Crippen LogP contribution < -0.4 is 5.73 Å². The van der Waals surface area contributed by atoms with Gasteiger partial charge in [-0.15, -0.1) is 0 Å². The Balaban J connectivity index is 2.29. The molecule has 0 amide bonds. The highest BCUT2D eigenvalue weighted by molar-refractivity contribution is 7.99. The fourth-order valence-corrected chi connectivity index (χ4v) is 2.40. The Morgan fingerprint density at radius 3 is 2.88 bits per heavy atom. The van der Waals surface area contributed by atoms with Gasteiger partial charge in [-0.1, -0.05) is 17.8 Å². The van der Waals surface area contributed by atoms with Gasteiger partial charge in [-0.25, -0.2) is 14.4 Å². The molecular formula is C12H12FN3S. The van der Waals surface area contributed by atoms with Crippen LogP contribution in [0, 0.1) is 5.82 Å². The molecule has 0 aliphatic rings. The van der Waals surface area contributed by atoms with Crippen molar-refractivity contribution in [1.82, 2.24) is 9.97 Å². The van der Waals surface area contributed by atoms with Gasteiger partial charge in [0, 0.05) is 16.7 Å². The first kappa shape index (κ1) is 12.0. The summed E-state index contributed by atoms with van der Waals surface area (Å²) >= 11 is 1.42. The molecule has 5 heteroatoms. The lowest BCUT2D eigenvalue weighted by molar-refractivity contribution is 0.603. The van der Waals surface area contributed by atoms with E-state index in [1.165, 1.54) is 24.2 Å². The van der Waals surface area contributed by atoms with Crippen molar-refractivity contribution in [3.8, 4) is 0 Å². The molecule has 0 saturated heterocycles. The van der Waals surface area contributed by atoms with Crippen LogP contribution in [0.1, 0.15) is 5.56 Å². The summed E-state index contributed by atoms with van der Waals surface area (Å²) in [5.74, 6) is -0.213. The number of nitrogens with two attached hydrogens (primary N) is 1. The fraction of sp³-hybridized carbons (Fsp3) is 0.167. The van der Waals surface area contributed by atoms with Crippen LogP contribution in [0.3, 0.4) is 0 Å². The van der Waals surface area contributed by atoms with Crippen LogP contribution in [-0.2, 0) is 6.42 Å². The summed E-state index contributed by atoms with van der Waals surface area (Å²) in [4.78, 5) is 8.80. The molecule has 1 aromatic heterocycles. The van der Waals surface area contributed by atoms with Gasteiger partial charge in [0.25, 0.3) is 0 Å². The Morgan fingerprint density at radius 2 is 2.18 bits per heavy atom. The first-order valence-electron chi connectivity index (χ1n) is 5.22. The largest absolute Gasteiger partial charge is 0.330 e. The maximum atomic E-state index is 13.6. The van der Waals surface area contributed by atoms with Crippen LogP contribution in [-0.4, -0.2) is 16.5 Å². The summed E-state index contributed by atoms with van der Waals surface area (Å²) in [7, 11) is 0. The van der Waals surface area contributed by atoms with Gasteiger partial charge in [0.1, 0.15) is 17.2 Å². The Labute approximate surface area is 103 Å². The number of nitrogens with zero attached hydrogens (tertiary/aromatic N) is 2. The number of hydrogen-bond donors (Lipinski definition) is 1. The molecule has 3 nitrogen and oxygen atoms in total. The predicted molar refractivity (Wildman–Crippen MR) is 65.3 cm³/mol. The van der Waals surface area contributed by atoms with E-state index in [9.17, 15) is 4.39 Å². The van der Waals surface area contributed by atoms with Gasteiger partial charge in [-0.05, 0) is 31.2 Å². The lowest BCUT2D eigenvalue weighted by Gasteiger charge is -2.08. The summed E-state index contributed by atoms with van der Waals surface area (Å²) in [6, 6.07) is 6.82. The van der Waals surface area contributed by atoms with Gasteiger partial charge in [0.05, 0.1) is 0 Å². The number of benzene rings is 1. The fourth-order valence-electron chi connectivity index (χ4n) is 1.47. The first-order chi connectivity index (χ1) is 8.31. The van der Waals surface area contributed by atoms with Crippen LogP contribution in [0.25, 0.3) is 0 Å². The smallest absolute Gasteiger partial charge is 0.127 e. The maximum Gasteiger partial charge on any atom is 0.127 e. The van der Waals surface area contributed by atoms with E-state index in [4.69, 9.17) is 5.73 Å². The molecule has 2 aromatic rings. The lowest BCUT2D eigenvalue weighted by Crippen LogP contribution is -2.05. The zero-order valence-electron chi connectivity index (χ0n) is 9.14. The molecule has 88 valence electrons. The molecule has 0 bridgehead atoms. The SMILES string of the molecule is NCCc1c(F)cccc1Sc1ccncn1. The molecule has 0 fully saturated rings. The van der Waals surface area contributed by atoms with Crippen molar-refractivity contribution < 1.29 is 4.39 Å². The Hall–Kier alpha value is -1.46. The molecule has 1 aromatic carbocycles. The highest BCUT2D eigenvalue weighted by atomic mass is 32.2. The molecule has 2 N–H and O–H groups in total. The predicted octanol–water partition coefficient (Wildman–Crippen LogP) is 2.27. The highest BCUT2D eigenvalue weighted by Crippen LogP contribution is 2.30. The average molecular weight is 249 g/mol. The van der Waals surface area contributed by atoms with Gasteiger partial charge in [-0.3, -0.25) is 0 Å². The lowest BCUT2D eigenvalue weighted by atomic mass is 10.1. The second-order valence-corrected chi connectivity index (χ2v) is 4.47. The van der Waals surface area contributed by atoms with Gasteiger partial charge in [0.2, 0.25) is 0 Å². The Morgan fingerprint density at radius 1 is 1.29 bits per heavy atom. The van der Waals surface area contributed by atoms with E-state index in [2.05, 4.69) is 9.97 Å². The Kier molecular flexibility index (Phi) is 4.06. The molecule has 0 saturated carbocycles. The van der Waals surface area contributed by atoms with Crippen molar-refractivity contribution in [2.75, 3.05) is 6.54 Å². The topological polar surface area (TPSA) is 51.8 Å². The molecule has 0 aliphatic heterocycles. The number of halogens is 1. The van der Waals surface area contributed by atoms with Crippen molar-refractivity contribution in [3.63, 3.8) is 0 Å². The van der Waals surface area contributed by atoms with Gasteiger partial charge in [-0.2, -0.15) is 0 Å². The van der Waals surface area contributed by atoms with E-state index in [1.807, 2.05) is 6.07 Å². The van der Waals surface area contributed by atoms with E-state index in [1.54, 1.807) is 18.3 Å². The van der Waals surface area contributed by atoms with Crippen LogP contribution in [0.15, 0.2) is 46.7 Å². The quantitative estimate of drug-likeness (QED) is 0.844. The third kappa shape index (κ3) is 3.01. The van der Waals surface area contributed by atoms with Gasteiger partial charge < -0.3 is 5.73 Å². The zero-order valence-corrected chi connectivity index (χ0v) is 9.95. The van der Waals surface area contributed by atoms with Crippen molar-refractivity contribution in [2.24, 2.45) is 5.73 Å². The summed E-state index contributed by atoms with van der Waals surface area (Å²) in [6.07, 6.45) is 3.67. The molecule has 0 radical (unpaired) electrons. The first-order valence-corrected chi connectivity index (χ1v) is 6.04. The second kappa shape index (κ2) is 5.75. The van der Waals surface area contributed by atoms with E-state index in [-0.39, 0.29) is 5.82 Å². The molecule has 0 spiro atoms. The highest BCUT2D eigenvalue weighted by Gasteiger charge is 2.09. The third-order valence-corrected chi connectivity index (χ3v) is 3.29.